The van der Waals surface area contributed by atoms with Crippen LogP contribution in [0.25, 0.3) is 0 Å². The summed E-state index contributed by atoms with van der Waals surface area (Å²) < 4.78 is 10.2. The molecule has 6 heteroatoms. The molecule has 1 aromatic rings. The number of hydrogen-bond donors (Lipinski definition) is 1. The lowest BCUT2D eigenvalue weighted by Gasteiger charge is -2.10. The summed E-state index contributed by atoms with van der Waals surface area (Å²) in [4.78, 5) is 24.5. The highest BCUT2D eigenvalue weighted by Gasteiger charge is 2.28. The van der Waals surface area contributed by atoms with Crippen LogP contribution >= 0.6 is 0 Å². The van der Waals surface area contributed by atoms with Crippen molar-refractivity contribution in [2.75, 3.05) is 27.2 Å². The summed E-state index contributed by atoms with van der Waals surface area (Å²) in [5.74, 6) is 0.734. The molecule has 1 unspecified atom stereocenters. The predicted molar refractivity (Wildman–Crippen MR) is 77.2 cm³/mol. The Kier molecular flexibility index (Phi) is 5.03. The smallest absolute Gasteiger partial charge is 0.410 e. The number of carbonyl (C=O) groups excluding carboxylic acids is 2. The third-order valence-corrected chi connectivity index (χ3v) is 3.36. The van der Waals surface area contributed by atoms with Crippen molar-refractivity contribution in [3.05, 3.63) is 29.8 Å². The Morgan fingerprint density at radius 2 is 2.33 bits per heavy atom. The molecule has 1 N–H and O–H groups in total. The van der Waals surface area contributed by atoms with E-state index >= 15 is 0 Å². The Labute approximate surface area is 124 Å². The van der Waals surface area contributed by atoms with E-state index in [-0.39, 0.29) is 18.1 Å². The lowest BCUT2D eigenvalue weighted by Crippen LogP contribution is -2.34. The van der Waals surface area contributed by atoms with Gasteiger partial charge in [-0.05, 0) is 24.1 Å². The van der Waals surface area contributed by atoms with Crippen molar-refractivity contribution in [2.45, 2.75) is 18.9 Å². The van der Waals surface area contributed by atoms with Gasteiger partial charge in [0.15, 0.2) is 0 Å². The zero-order chi connectivity index (χ0) is 15.2. The minimum atomic E-state index is -0.342. The third-order valence-electron chi connectivity index (χ3n) is 3.36. The minimum Gasteiger partial charge on any atom is -0.497 e. The highest BCUT2D eigenvalue weighted by atomic mass is 16.6. The quantitative estimate of drug-likeness (QED) is 0.855. The van der Waals surface area contributed by atoms with Crippen molar-refractivity contribution >= 4 is 12.0 Å². The van der Waals surface area contributed by atoms with E-state index < -0.39 is 0 Å². The van der Waals surface area contributed by atoms with Crippen LogP contribution in [0.5, 0.6) is 5.75 Å². The van der Waals surface area contributed by atoms with Gasteiger partial charge in [-0.15, -0.1) is 0 Å². The standard InChI is InChI=1S/C15H20N2O4/c1-17-10-13(21-15(17)19)9-16-14(18)7-6-11-4-3-5-12(8-11)20-2/h3-5,8,13H,6-7,9-10H2,1-2H3,(H,16,18). The molecule has 1 aliphatic heterocycles. The Balaban J connectivity index is 1.71. The maximum absolute atomic E-state index is 11.8. The van der Waals surface area contributed by atoms with E-state index in [1.807, 2.05) is 24.3 Å². The first-order valence-electron chi connectivity index (χ1n) is 6.90. The van der Waals surface area contributed by atoms with Gasteiger partial charge in [-0.3, -0.25) is 4.79 Å². The van der Waals surface area contributed by atoms with Gasteiger partial charge >= 0.3 is 6.09 Å². The van der Waals surface area contributed by atoms with Gasteiger partial charge in [0.1, 0.15) is 11.9 Å². The molecule has 1 aromatic carbocycles. The molecular formula is C15H20N2O4. The van der Waals surface area contributed by atoms with Crippen molar-refractivity contribution in [3.8, 4) is 5.75 Å². The number of cyclic esters (lactones) is 1. The van der Waals surface area contributed by atoms with Crippen LogP contribution < -0.4 is 10.1 Å². The summed E-state index contributed by atoms with van der Waals surface area (Å²) in [6.07, 6.45) is 0.436. The molecule has 114 valence electrons. The fourth-order valence-corrected chi connectivity index (χ4v) is 2.16. The lowest BCUT2D eigenvalue weighted by atomic mass is 10.1. The van der Waals surface area contributed by atoms with Crippen molar-refractivity contribution in [2.24, 2.45) is 0 Å². The predicted octanol–water partition coefficient (Wildman–Crippen LogP) is 1.19. The molecular weight excluding hydrogens is 272 g/mol. The fourth-order valence-electron chi connectivity index (χ4n) is 2.16. The van der Waals surface area contributed by atoms with Crippen LogP contribution in [0.3, 0.4) is 0 Å². The zero-order valence-electron chi connectivity index (χ0n) is 12.3. The number of nitrogens with zero attached hydrogens (tertiary/aromatic N) is 1. The first kappa shape index (κ1) is 15.2. The van der Waals surface area contributed by atoms with Crippen LogP contribution in [-0.4, -0.2) is 50.3 Å². The number of nitrogens with one attached hydrogen (secondary N) is 1. The number of ether oxygens (including phenoxy) is 2. The maximum atomic E-state index is 11.8. The number of aryl methyl sites for hydroxylation is 1. The van der Waals surface area contributed by atoms with Crippen LogP contribution in [0, 0.1) is 0 Å². The van der Waals surface area contributed by atoms with Crippen LogP contribution in [0.2, 0.25) is 0 Å². The fraction of sp³-hybridized carbons (Fsp3) is 0.467. The summed E-state index contributed by atoms with van der Waals surface area (Å²) in [6.45, 7) is 0.863. The van der Waals surface area contributed by atoms with Crippen LogP contribution in [0.15, 0.2) is 24.3 Å². The molecule has 6 nitrogen and oxygen atoms in total. The Hall–Kier alpha value is -2.24. The summed E-state index contributed by atoms with van der Waals surface area (Å²) in [7, 11) is 3.29. The number of amides is 2. The molecule has 2 amide bonds. The SMILES string of the molecule is COc1cccc(CCC(=O)NCC2CN(C)C(=O)O2)c1. The van der Waals surface area contributed by atoms with E-state index in [4.69, 9.17) is 9.47 Å². The van der Waals surface area contributed by atoms with Crippen LogP contribution in [0.4, 0.5) is 4.79 Å². The lowest BCUT2D eigenvalue weighted by molar-refractivity contribution is -0.121. The average molecular weight is 292 g/mol. The number of methoxy groups -OCH3 is 1. The first-order valence-corrected chi connectivity index (χ1v) is 6.90. The average Bonchev–Trinajstić information content (AvgIpc) is 2.82. The Morgan fingerprint density at radius 3 is 3.00 bits per heavy atom. The van der Waals surface area contributed by atoms with Crippen molar-refractivity contribution in [1.82, 2.24) is 10.2 Å². The van der Waals surface area contributed by atoms with Gasteiger partial charge in [-0.1, -0.05) is 12.1 Å². The summed E-state index contributed by atoms with van der Waals surface area (Å²) in [5, 5.41) is 2.79. The van der Waals surface area contributed by atoms with Gasteiger partial charge in [0.2, 0.25) is 5.91 Å². The summed E-state index contributed by atoms with van der Waals surface area (Å²) >= 11 is 0. The van der Waals surface area contributed by atoms with Gasteiger partial charge in [-0.2, -0.15) is 0 Å². The number of benzene rings is 1. The van der Waals surface area contributed by atoms with E-state index in [0.29, 0.717) is 25.9 Å². The number of hydrogen-bond acceptors (Lipinski definition) is 4. The van der Waals surface area contributed by atoms with E-state index in [1.54, 1.807) is 14.2 Å². The third kappa shape index (κ3) is 4.37. The van der Waals surface area contributed by atoms with Crippen LogP contribution in [-0.2, 0) is 16.0 Å². The second-order valence-electron chi connectivity index (χ2n) is 5.04. The van der Waals surface area contributed by atoms with Gasteiger partial charge in [-0.25, -0.2) is 4.79 Å². The Bertz CT molecular complexity index is 518. The maximum Gasteiger partial charge on any atom is 0.410 e. The van der Waals surface area contributed by atoms with E-state index in [1.165, 1.54) is 4.90 Å². The van der Waals surface area contributed by atoms with E-state index in [0.717, 1.165) is 11.3 Å². The van der Waals surface area contributed by atoms with Crippen molar-refractivity contribution < 1.29 is 19.1 Å². The molecule has 21 heavy (non-hydrogen) atoms. The highest BCUT2D eigenvalue weighted by molar-refractivity contribution is 5.76. The molecule has 1 saturated heterocycles. The molecule has 1 atom stereocenters. The molecule has 0 radical (unpaired) electrons. The molecule has 1 aliphatic rings. The summed E-state index contributed by atoms with van der Waals surface area (Å²) in [6, 6.07) is 7.65. The first-order chi connectivity index (χ1) is 10.1. The molecule has 0 spiro atoms. The van der Waals surface area contributed by atoms with E-state index in [9.17, 15) is 9.59 Å². The van der Waals surface area contributed by atoms with Gasteiger partial charge < -0.3 is 19.7 Å². The van der Waals surface area contributed by atoms with Gasteiger partial charge in [0, 0.05) is 13.5 Å². The largest absolute Gasteiger partial charge is 0.497 e. The van der Waals surface area contributed by atoms with Gasteiger partial charge in [0.25, 0.3) is 0 Å². The molecule has 1 fully saturated rings. The molecule has 0 saturated carbocycles. The highest BCUT2D eigenvalue weighted by Crippen LogP contribution is 2.14. The second-order valence-corrected chi connectivity index (χ2v) is 5.04. The molecule has 2 rings (SSSR count). The molecule has 1 heterocycles. The zero-order valence-corrected chi connectivity index (χ0v) is 12.3. The molecule has 0 bridgehead atoms. The van der Waals surface area contributed by atoms with E-state index in [2.05, 4.69) is 5.32 Å². The second kappa shape index (κ2) is 6.97. The Morgan fingerprint density at radius 1 is 1.52 bits per heavy atom. The van der Waals surface area contributed by atoms with Crippen molar-refractivity contribution in [3.63, 3.8) is 0 Å². The van der Waals surface area contributed by atoms with Gasteiger partial charge in [0.05, 0.1) is 20.2 Å². The van der Waals surface area contributed by atoms with Crippen molar-refractivity contribution in [1.29, 1.82) is 0 Å². The molecule has 0 aliphatic carbocycles. The monoisotopic (exact) mass is 292 g/mol. The number of rotatable bonds is 6. The minimum absolute atomic E-state index is 0.0524. The number of carbonyl (C=O) groups is 2. The van der Waals surface area contributed by atoms with Crippen LogP contribution in [0.1, 0.15) is 12.0 Å². The molecule has 0 aromatic heterocycles. The summed E-state index contributed by atoms with van der Waals surface area (Å²) in [5.41, 5.74) is 1.05. The normalized spacial score (nSPS) is 17.5. The number of likely N-dealkylation sites (N-methyl/N-ethyl adjacent to an activating group) is 1. The topological polar surface area (TPSA) is 67.9 Å².